The van der Waals surface area contributed by atoms with Gasteiger partial charge in [0.05, 0.1) is 20.8 Å². The van der Waals surface area contributed by atoms with Gasteiger partial charge in [0.15, 0.2) is 11.5 Å². The second-order valence-electron chi connectivity index (χ2n) is 5.34. The number of ether oxygens (including phenoxy) is 3. The topological polar surface area (TPSA) is 53.7 Å². The molecule has 0 saturated carbocycles. The summed E-state index contributed by atoms with van der Waals surface area (Å²) < 4.78 is 16.7. The van der Waals surface area contributed by atoms with Crippen LogP contribution in [0.2, 0.25) is 0 Å². The predicted molar refractivity (Wildman–Crippen MR) is 81.8 cm³/mol. The van der Waals surface area contributed by atoms with Crippen LogP contribution in [-0.4, -0.2) is 26.9 Å². The second-order valence-corrected chi connectivity index (χ2v) is 5.34. The average Bonchev–Trinajstić information content (AvgIpc) is 2.43. The molecule has 0 radical (unpaired) electrons. The predicted octanol–water partition coefficient (Wildman–Crippen LogP) is 3.02. The highest BCUT2D eigenvalue weighted by molar-refractivity contribution is 5.54. The standard InChI is InChI=1S/C16H27NO3/c1-6-11(2)10-20-16-14(18-4)8-13(7-12(3)17)9-15(16)19-5/h8-9,11-12H,6-7,10,17H2,1-5H3. The van der Waals surface area contributed by atoms with Crippen molar-refractivity contribution in [2.75, 3.05) is 20.8 Å². The van der Waals surface area contributed by atoms with Crippen LogP contribution in [0.4, 0.5) is 0 Å². The minimum Gasteiger partial charge on any atom is -0.493 e. The maximum Gasteiger partial charge on any atom is 0.203 e. The molecule has 1 aromatic rings. The molecule has 4 heteroatoms. The molecule has 2 N–H and O–H groups in total. The summed E-state index contributed by atoms with van der Waals surface area (Å²) in [6, 6.07) is 4.03. The van der Waals surface area contributed by atoms with E-state index in [1.165, 1.54) is 0 Å². The monoisotopic (exact) mass is 281 g/mol. The first-order valence-corrected chi connectivity index (χ1v) is 7.15. The summed E-state index contributed by atoms with van der Waals surface area (Å²) in [5.41, 5.74) is 6.94. The Bertz CT molecular complexity index is 393. The smallest absolute Gasteiger partial charge is 0.203 e. The van der Waals surface area contributed by atoms with Crippen LogP contribution in [-0.2, 0) is 6.42 Å². The maximum atomic E-state index is 5.88. The highest BCUT2D eigenvalue weighted by atomic mass is 16.5. The maximum absolute atomic E-state index is 5.88. The highest BCUT2D eigenvalue weighted by Crippen LogP contribution is 2.39. The Kier molecular flexibility index (Phi) is 6.65. The molecular weight excluding hydrogens is 254 g/mol. The van der Waals surface area contributed by atoms with Gasteiger partial charge in [-0.3, -0.25) is 0 Å². The summed E-state index contributed by atoms with van der Waals surface area (Å²) in [7, 11) is 3.28. The molecule has 0 fully saturated rings. The molecule has 0 saturated heterocycles. The molecule has 0 aliphatic carbocycles. The van der Waals surface area contributed by atoms with Crippen molar-refractivity contribution in [2.45, 2.75) is 39.7 Å². The number of methoxy groups -OCH3 is 2. The molecule has 0 bridgehead atoms. The summed E-state index contributed by atoms with van der Waals surface area (Å²) in [5.74, 6) is 2.56. The Morgan fingerprint density at radius 2 is 1.65 bits per heavy atom. The summed E-state index contributed by atoms with van der Waals surface area (Å²) in [5, 5.41) is 0. The lowest BCUT2D eigenvalue weighted by atomic mass is 10.1. The second kappa shape index (κ2) is 8.00. The molecule has 0 aliphatic rings. The molecule has 2 atom stereocenters. The summed E-state index contributed by atoms with van der Waals surface area (Å²) in [6.07, 6.45) is 1.85. The molecule has 0 heterocycles. The fourth-order valence-corrected chi connectivity index (χ4v) is 1.91. The van der Waals surface area contributed by atoms with E-state index in [-0.39, 0.29) is 6.04 Å². The fraction of sp³-hybridized carbons (Fsp3) is 0.625. The van der Waals surface area contributed by atoms with Crippen LogP contribution in [0.3, 0.4) is 0 Å². The van der Waals surface area contributed by atoms with Gasteiger partial charge in [0.25, 0.3) is 0 Å². The van der Waals surface area contributed by atoms with Gasteiger partial charge in [-0.2, -0.15) is 0 Å². The van der Waals surface area contributed by atoms with Crippen LogP contribution in [0.5, 0.6) is 17.2 Å². The minimum atomic E-state index is 0.0938. The van der Waals surface area contributed by atoms with E-state index in [1.807, 2.05) is 19.1 Å². The third-order valence-electron chi connectivity index (χ3n) is 3.29. The number of hydrogen-bond donors (Lipinski definition) is 1. The number of rotatable bonds is 8. The van der Waals surface area contributed by atoms with Crippen molar-refractivity contribution in [3.63, 3.8) is 0 Å². The summed E-state index contributed by atoms with van der Waals surface area (Å²) >= 11 is 0. The van der Waals surface area contributed by atoms with Crippen LogP contribution in [0.1, 0.15) is 32.8 Å². The summed E-state index contributed by atoms with van der Waals surface area (Å²) in [6.45, 7) is 6.93. The van der Waals surface area contributed by atoms with Gasteiger partial charge >= 0.3 is 0 Å². The van der Waals surface area contributed by atoms with Crippen molar-refractivity contribution in [3.8, 4) is 17.2 Å². The van der Waals surface area contributed by atoms with Gasteiger partial charge in [-0.05, 0) is 37.0 Å². The van der Waals surface area contributed by atoms with Crippen molar-refractivity contribution in [3.05, 3.63) is 17.7 Å². The van der Waals surface area contributed by atoms with Crippen LogP contribution in [0, 0.1) is 5.92 Å². The molecule has 4 nitrogen and oxygen atoms in total. The van der Waals surface area contributed by atoms with Crippen molar-refractivity contribution in [1.82, 2.24) is 0 Å². The molecular formula is C16H27NO3. The van der Waals surface area contributed by atoms with E-state index in [9.17, 15) is 0 Å². The van der Waals surface area contributed by atoms with E-state index < -0.39 is 0 Å². The normalized spacial score (nSPS) is 13.7. The van der Waals surface area contributed by atoms with Gasteiger partial charge in [0.2, 0.25) is 5.75 Å². The van der Waals surface area contributed by atoms with Crippen LogP contribution < -0.4 is 19.9 Å². The van der Waals surface area contributed by atoms with E-state index in [1.54, 1.807) is 14.2 Å². The summed E-state index contributed by atoms with van der Waals surface area (Å²) in [4.78, 5) is 0. The van der Waals surface area contributed by atoms with Gasteiger partial charge in [-0.1, -0.05) is 20.3 Å². The number of hydrogen-bond acceptors (Lipinski definition) is 4. The molecule has 1 aromatic carbocycles. The van der Waals surface area contributed by atoms with Gasteiger partial charge in [-0.25, -0.2) is 0 Å². The Balaban J connectivity index is 3.01. The zero-order chi connectivity index (χ0) is 15.1. The van der Waals surface area contributed by atoms with Crippen molar-refractivity contribution in [2.24, 2.45) is 11.7 Å². The van der Waals surface area contributed by atoms with E-state index in [0.717, 1.165) is 18.4 Å². The Morgan fingerprint density at radius 3 is 2.05 bits per heavy atom. The van der Waals surface area contributed by atoms with Crippen molar-refractivity contribution < 1.29 is 14.2 Å². The molecule has 0 aromatic heterocycles. The zero-order valence-electron chi connectivity index (χ0n) is 13.2. The van der Waals surface area contributed by atoms with Crippen LogP contribution >= 0.6 is 0 Å². The molecule has 0 amide bonds. The Hall–Kier alpha value is -1.42. The molecule has 20 heavy (non-hydrogen) atoms. The largest absolute Gasteiger partial charge is 0.493 e. The van der Waals surface area contributed by atoms with E-state index >= 15 is 0 Å². The first-order valence-electron chi connectivity index (χ1n) is 7.15. The molecule has 2 unspecified atom stereocenters. The van der Waals surface area contributed by atoms with E-state index in [2.05, 4.69) is 13.8 Å². The highest BCUT2D eigenvalue weighted by Gasteiger charge is 2.15. The number of benzene rings is 1. The van der Waals surface area contributed by atoms with Crippen LogP contribution in [0.25, 0.3) is 0 Å². The van der Waals surface area contributed by atoms with Gasteiger partial charge in [0, 0.05) is 6.04 Å². The third-order valence-corrected chi connectivity index (χ3v) is 3.29. The first kappa shape index (κ1) is 16.6. The molecule has 0 spiro atoms. The SMILES string of the molecule is CCC(C)COc1c(OC)cc(CC(C)N)cc1OC. The van der Waals surface area contributed by atoms with Crippen molar-refractivity contribution >= 4 is 0 Å². The molecule has 0 aliphatic heterocycles. The van der Waals surface area contributed by atoms with Gasteiger partial charge in [0.1, 0.15) is 0 Å². The quantitative estimate of drug-likeness (QED) is 0.796. The van der Waals surface area contributed by atoms with Crippen LogP contribution in [0.15, 0.2) is 12.1 Å². The van der Waals surface area contributed by atoms with Gasteiger partial charge in [-0.15, -0.1) is 0 Å². The zero-order valence-corrected chi connectivity index (χ0v) is 13.2. The lowest BCUT2D eigenvalue weighted by Gasteiger charge is -2.18. The lowest BCUT2D eigenvalue weighted by Crippen LogP contribution is -2.18. The van der Waals surface area contributed by atoms with E-state index in [0.29, 0.717) is 29.8 Å². The molecule has 114 valence electrons. The van der Waals surface area contributed by atoms with Crippen molar-refractivity contribution in [1.29, 1.82) is 0 Å². The lowest BCUT2D eigenvalue weighted by molar-refractivity contribution is 0.232. The Labute approximate surface area is 122 Å². The fourth-order valence-electron chi connectivity index (χ4n) is 1.91. The molecule has 1 rings (SSSR count). The third kappa shape index (κ3) is 4.60. The average molecular weight is 281 g/mol. The Morgan fingerprint density at radius 1 is 1.10 bits per heavy atom. The van der Waals surface area contributed by atoms with Gasteiger partial charge < -0.3 is 19.9 Å². The van der Waals surface area contributed by atoms with E-state index in [4.69, 9.17) is 19.9 Å². The minimum absolute atomic E-state index is 0.0938. The number of nitrogens with two attached hydrogens (primary N) is 1. The first-order chi connectivity index (χ1) is 9.51.